The minimum atomic E-state index is -0.217. The van der Waals surface area contributed by atoms with E-state index in [1.54, 1.807) is 12.1 Å². The second kappa shape index (κ2) is 5.90. The number of hydrogen-bond donors (Lipinski definition) is 2. The number of rotatable bonds is 4. The van der Waals surface area contributed by atoms with Crippen LogP contribution in [0.2, 0.25) is 0 Å². The lowest BCUT2D eigenvalue weighted by Crippen LogP contribution is -2.36. The van der Waals surface area contributed by atoms with Crippen LogP contribution < -0.4 is 11.1 Å². The monoisotopic (exact) mass is 328 g/mol. The van der Waals surface area contributed by atoms with Crippen molar-refractivity contribution in [3.05, 3.63) is 34.1 Å². The summed E-state index contributed by atoms with van der Waals surface area (Å²) in [5.74, 6) is -0.217. The molecular formula is C15H22BrFN2. The van der Waals surface area contributed by atoms with Crippen molar-refractivity contribution in [1.29, 1.82) is 0 Å². The second-order valence-electron chi connectivity index (χ2n) is 6.22. The zero-order valence-electron chi connectivity index (χ0n) is 11.5. The van der Waals surface area contributed by atoms with E-state index in [0.717, 1.165) is 22.9 Å². The summed E-state index contributed by atoms with van der Waals surface area (Å²) in [6.45, 7) is 5.06. The predicted octanol–water partition coefficient (Wildman–Crippen LogP) is 3.76. The van der Waals surface area contributed by atoms with Crippen LogP contribution in [-0.4, -0.2) is 12.6 Å². The van der Waals surface area contributed by atoms with Gasteiger partial charge in [-0.3, -0.25) is 0 Å². The quantitative estimate of drug-likeness (QED) is 0.883. The Bertz CT molecular complexity index is 448. The number of nitrogens with one attached hydrogen (secondary N) is 1. The second-order valence-corrected chi connectivity index (χ2v) is 7.08. The van der Waals surface area contributed by atoms with Gasteiger partial charge in [0, 0.05) is 23.1 Å². The molecule has 0 radical (unpaired) electrons. The molecule has 106 valence electrons. The molecule has 1 aromatic carbocycles. The largest absolute Gasteiger partial charge is 0.329 e. The molecule has 3 N–H and O–H groups in total. The first-order chi connectivity index (χ1) is 8.91. The fourth-order valence-electron chi connectivity index (χ4n) is 2.93. The third-order valence-corrected chi connectivity index (χ3v) is 4.70. The fourth-order valence-corrected chi connectivity index (χ4v) is 3.45. The Labute approximate surface area is 123 Å². The highest BCUT2D eigenvalue weighted by molar-refractivity contribution is 9.10. The van der Waals surface area contributed by atoms with Gasteiger partial charge in [0.2, 0.25) is 0 Å². The van der Waals surface area contributed by atoms with Gasteiger partial charge in [-0.1, -0.05) is 29.8 Å². The normalized spacial score (nSPS) is 23.5. The summed E-state index contributed by atoms with van der Waals surface area (Å²) in [7, 11) is 0. The van der Waals surface area contributed by atoms with Crippen molar-refractivity contribution in [1.82, 2.24) is 5.32 Å². The standard InChI is InChI=1S/C15H22BrFN2/c1-15(2)6-5-11(8-15)19-14(9-18)12-7-10(17)3-4-13(12)16/h3-4,7,11,14,19H,5-6,8-9,18H2,1-2H3. The summed E-state index contributed by atoms with van der Waals surface area (Å²) in [6, 6.07) is 5.24. The lowest BCUT2D eigenvalue weighted by Gasteiger charge is -2.24. The first kappa shape index (κ1) is 14.9. The zero-order chi connectivity index (χ0) is 14.0. The third-order valence-electron chi connectivity index (χ3n) is 3.97. The summed E-state index contributed by atoms with van der Waals surface area (Å²) < 4.78 is 14.3. The summed E-state index contributed by atoms with van der Waals surface area (Å²) in [4.78, 5) is 0. The molecule has 2 atom stereocenters. The summed E-state index contributed by atoms with van der Waals surface area (Å²) in [6.07, 6.45) is 3.54. The van der Waals surface area contributed by atoms with Crippen LogP contribution >= 0.6 is 15.9 Å². The maximum atomic E-state index is 13.4. The van der Waals surface area contributed by atoms with Crippen LogP contribution in [0.4, 0.5) is 4.39 Å². The number of nitrogens with two attached hydrogens (primary N) is 1. The van der Waals surface area contributed by atoms with Gasteiger partial charge in [-0.2, -0.15) is 0 Å². The van der Waals surface area contributed by atoms with E-state index in [4.69, 9.17) is 5.73 Å². The molecule has 0 spiro atoms. The average molecular weight is 329 g/mol. The summed E-state index contributed by atoms with van der Waals surface area (Å²) >= 11 is 3.48. The maximum absolute atomic E-state index is 13.4. The van der Waals surface area contributed by atoms with Gasteiger partial charge in [-0.25, -0.2) is 4.39 Å². The van der Waals surface area contributed by atoms with E-state index in [1.807, 2.05) is 0 Å². The molecule has 1 aromatic rings. The van der Waals surface area contributed by atoms with Crippen molar-refractivity contribution in [2.75, 3.05) is 6.54 Å². The summed E-state index contributed by atoms with van der Waals surface area (Å²) in [5, 5.41) is 3.58. The van der Waals surface area contributed by atoms with Gasteiger partial charge in [0.15, 0.2) is 0 Å². The van der Waals surface area contributed by atoms with E-state index >= 15 is 0 Å². The average Bonchev–Trinajstić information content (AvgIpc) is 2.69. The minimum Gasteiger partial charge on any atom is -0.329 e. The van der Waals surface area contributed by atoms with Crippen LogP contribution in [0.15, 0.2) is 22.7 Å². The topological polar surface area (TPSA) is 38.0 Å². The van der Waals surface area contributed by atoms with Gasteiger partial charge in [0.05, 0.1) is 0 Å². The molecule has 2 nitrogen and oxygen atoms in total. The van der Waals surface area contributed by atoms with Gasteiger partial charge in [0.1, 0.15) is 5.82 Å². The Morgan fingerprint density at radius 1 is 1.53 bits per heavy atom. The summed E-state index contributed by atoms with van der Waals surface area (Å²) in [5.41, 5.74) is 7.17. The number of halogens is 2. The lowest BCUT2D eigenvalue weighted by atomic mass is 9.91. The first-order valence-electron chi connectivity index (χ1n) is 6.82. The Balaban J connectivity index is 2.10. The Morgan fingerprint density at radius 3 is 2.84 bits per heavy atom. The van der Waals surface area contributed by atoms with Crippen molar-refractivity contribution in [3.8, 4) is 0 Å². The van der Waals surface area contributed by atoms with Crippen LogP contribution in [-0.2, 0) is 0 Å². The smallest absolute Gasteiger partial charge is 0.123 e. The highest BCUT2D eigenvalue weighted by Crippen LogP contribution is 2.38. The highest BCUT2D eigenvalue weighted by Gasteiger charge is 2.32. The number of benzene rings is 1. The van der Waals surface area contributed by atoms with Crippen molar-refractivity contribution >= 4 is 15.9 Å². The molecule has 1 saturated carbocycles. The van der Waals surface area contributed by atoms with Crippen LogP contribution in [0.5, 0.6) is 0 Å². The first-order valence-corrected chi connectivity index (χ1v) is 7.62. The molecule has 0 amide bonds. The van der Waals surface area contributed by atoms with Crippen LogP contribution in [0.1, 0.15) is 44.7 Å². The molecule has 0 aliphatic heterocycles. The van der Waals surface area contributed by atoms with Crippen molar-refractivity contribution < 1.29 is 4.39 Å². The van der Waals surface area contributed by atoms with Gasteiger partial charge >= 0.3 is 0 Å². The van der Waals surface area contributed by atoms with E-state index in [9.17, 15) is 4.39 Å². The van der Waals surface area contributed by atoms with E-state index in [1.165, 1.54) is 12.5 Å². The Morgan fingerprint density at radius 2 is 2.26 bits per heavy atom. The van der Waals surface area contributed by atoms with E-state index in [-0.39, 0.29) is 11.9 Å². The van der Waals surface area contributed by atoms with Gasteiger partial charge < -0.3 is 11.1 Å². The van der Waals surface area contributed by atoms with E-state index < -0.39 is 0 Å². The van der Waals surface area contributed by atoms with Crippen LogP contribution in [0, 0.1) is 11.2 Å². The highest BCUT2D eigenvalue weighted by atomic mass is 79.9. The minimum absolute atomic E-state index is 0.00368. The molecule has 4 heteroatoms. The van der Waals surface area contributed by atoms with Crippen LogP contribution in [0.3, 0.4) is 0 Å². The Hall–Kier alpha value is -0.450. The zero-order valence-corrected chi connectivity index (χ0v) is 13.1. The Kier molecular flexibility index (Phi) is 4.64. The van der Waals surface area contributed by atoms with Gasteiger partial charge in [-0.15, -0.1) is 0 Å². The van der Waals surface area contributed by atoms with E-state index in [0.29, 0.717) is 18.0 Å². The van der Waals surface area contributed by atoms with Crippen molar-refractivity contribution in [2.45, 2.75) is 45.2 Å². The van der Waals surface area contributed by atoms with Crippen molar-refractivity contribution in [3.63, 3.8) is 0 Å². The molecule has 1 aliphatic rings. The molecule has 0 bridgehead atoms. The molecule has 19 heavy (non-hydrogen) atoms. The molecule has 0 aromatic heterocycles. The molecule has 1 aliphatic carbocycles. The third kappa shape index (κ3) is 3.77. The molecule has 2 unspecified atom stereocenters. The fraction of sp³-hybridized carbons (Fsp3) is 0.600. The number of hydrogen-bond acceptors (Lipinski definition) is 2. The lowest BCUT2D eigenvalue weighted by molar-refractivity contribution is 0.353. The molecule has 0 saturated heterocycles. The van der Waals surface area contributed by atoms with Crippen molar-refractivity contribution in [2.24, 2.45) is 11.1 Å². The maximum Gasteiger partial charge on any atom is 0.123 e. The molecule has 1 fully saturated rings. The predicted molar refractivity (Wildman–Crippen MR) is 80.5 cm³/mol. The van der Waals surface area contributed by atoms with Crippen LogP contribution in [0.25, 0.3) is 0 Å². The SMILES string of the molecule is CC1(C)CCC(NC(CN)c2cc(F)ccc2Br)C1. The molecule has 0 heterocycles. The molecular weight excluding hydrogens is 307 g/mol. The molecule has 2 rings (SSSR count). The van der Waals surface area contributed by atoms with E-state index in [2.05, 4.69) is 35.1 Å². The van der Waals surface area contributed by atoms with Gasteiger partial charge in [0.25, 0.3) is 0 Å². The van der Waals surface area contributed by atoms with Gasteiger partial charge in [-0.05, 0) is 48.4 Å².